The van der Waals surface area contributed by atoms with E-state index in [9.17, 15) is 4.79 Å². The van der Waals surface area contributed by atoms with E-state index in [0.29, 0.717) is 24.7 Å². The molecule has 0 spiro atoms. The Morgan fingerprint density at radius 2 is 2.33 bits per heavy atom. The molecule has 0 aromatic carbocycles. The summed E-state index contributed by atoms with van der Waals surface area (Å²) in [5, 5.41) is 6.73. The number of aromatic nitrogens is 2. The average Bonchev–Trinajstić information content (AvgIpc) is 3.30. The molecular weight excluding hydrogens is 308 g/mol. The molecule has 7 nitrogen and oxygen atoms in total. The van der Waals surface area contributed by atoms with Crippen molar-refractivity contribution in [3.63, 3.8) is 0 Å². The topological polar surface area (TPSA) is 84.4 Å². The average molecular weight is 332 g/mol. The maximum absolute atomic E-state index is 12.4. The molecule has 0 aliphatic carbocycles. The SMILES string of the molecule is CCc1ccc(C2CCCN2C(=O)NCCCc2nc(C)no2)o1. The highest BCUT2D eigenvalue weighted by Crippen LogP contribution is 2.32. The van der Waals surface area contributed by atoms with Gasteiger partial charge in [0.2, 0.25) is 5.89 Å². The fourth-order valence-electron chi connectivity index (χ4n) is 3.05. The molecule has 7 heteroatoms. The van der Waals surface area contributed by atoms with E-state index in [1.54, 1.807) is 6.92 Å². The van der Waals surface area contributed by atoms with Crippen molar-refractivity contribution >= 4 is 6.03 Å². The van der Waals surface area contributed by atoms with Crippen LogP contribution in [-0.4, -0.2) is 34.2 Å². The van der Waals surface area contributed by atoms with E-state index in [2.05, 4.69) is 22.4 Å². The first-order valence-corrected chi connectivity index (χ1v) is 8.59. The second kappa shape index (κ2) is 7.51. The van der Waals surface area contributed by atoms with Crippen molar-refractivity contribution < 1.29 is 13.7 Å². The maximum atomic E-state index is 12.4. The summed E-state index contributed by atoms with van der Waals surface area (Å²) in [5.41, 5.74) is 0. The number of urea groups is 1. The monoisotopic (exact) mass is 332 g/mol. The maximum Gasteiger partial charge on any atom is 0.318 e. The van der Waals surface area contributed by atoms with Crippen LogP contribution in [0.1, 0.15) is 55.5 Å². The van der Waals surface area contributed by atoms with Gasteiger partial charge in [-0.1, -0.05) is 12.1 Å². The smallest absolute Gasteiger partial charge is 0.318 e. The fourth-order valence-corrected chi connectivity index (χ4v) is 3.05. The lowest BCUT2D eigenvalue weighted by Gasteiger charge is -2.23. The Hall–Kier alpha value is -2.31. The molecule has 2 aromatic heterocycles. The molecule has 1 fully saturated rings. The van der Waals surface area contributed by atoms with Crippen molar-refractivity contribution in [3.8, 4) is 0 Å². The van der Waals surface area contributed by atoms with Crippen molar-refractivity contribution in [1.29, 1.82) is 0 Å². The van der Waals surface area contributed by atoms with E-state index >= 15 is 0 Å². The van der Waals surface area contributed by atoms with Crippen LogP contribution in [0.25, 0.3) is 0 Å². The van der Waals surface area contributed by atoms with Gasteiger partial charge in [0.05, 0.1) is 6.04 Å². The first-order valence-electron chi connectivity index (χ1n) is 8.59. The number of aryl methyl sites for hydroxylation is 3. The molecule has 1 saturated heterocycles. The van der Waals surface area contributed by atoms with E-state index < -0.39 is 0 Å². The first kappa shape index (κ1) is 16.5. The Morgan fingerprint density at radius 1 is 1.46 bits per heavy atom. The number of nitrogens with zero attached hydrogens (tertiary/aromatic N) is 3. The summed E-state index contributed by atoms with van der Waals surface area (Å²) in [6.45, 7) is 5.21. The number of carbonyl (C=O) groups excluding carboxylic acids is 1. The Morgan fingerprint density at radius 3 is 3.04 bits per heavy atom. The summed E-state index contributed by atoms with van der Waals surface area (Å²) in [6, 6.07) is 4.00. The fraction of sp³-hybridized carbons (Fsp3) is 0.588. The van der Waals surface area contributed by atoms with Crippen molar-refractivity contribution in [2.75, 3.05) is 13.1 Å². The quantitative estimate of drug-likeness (QED) is 0.822. The van der Waals surface area contributed by atoms with Crippen LogP contribution in [-0.2, 0) is 12.8 Å². The molecule has 0 saturated carbocycles. The molecule has 0 radical (unpaired) electrons. The number of furan rings is 1. The molecule has 0 bridgehead atoms. The molecule has 2 amide bonds. The summed E-state index contributed by atoms with van der Waals surface area (Å²) in [4.78, 5) is 18.5. The molecule has 24 heavy (non-hydrogen) atoms. The zero-order chi connectivity index (χ0) is 16.9. The zero-order valence-electron chi connectivity index (χ0n) is 14.2. The first-order chi connectivity index (χ1) is 11.7. The van der Waals surface area contributed by atoms with E-state index in [0.717, 1.165) is 43.7 Å². The van der Waals surface area contributed by atoms with Gasteiger partial charge in [-0.25, -0.2) is 4.79 Å². The lowest BCUT2D eigenvalue weighted by Crippen LogP contribution is -2.39. The molecule has 1 aliphatic heterocycles. The minimum Gasteiger partial charge on any atom is -0.464 e. The number of amides is 2. The molecule has 1 aliphatic rings. The van der Waals surface area contributed by atoms with E-state index in [-0.39, 0.29) is 12.1 Å². The lowest BCUT2D eigenvalue weighted by molar-refractivity contribution is 0.185. The molecule has 1 unspecified atom stereocenters. The summed E-state index contributed by atoms with van der Waals surface area (Å²) in [5.74, 6) is 3.11. The van der Waals surface area contributed by atoms with Gasteiger partial charge >= 0.3 is 6.03 Å². The number of nitrogens with one attached hydrogen (secondary N) is 1. The van der Waals surface area contributed by atoms with Gasteiger partial charge in [-0.05, 0) is 38.3 Å². The Kier molecular flexibility index (Phi) is 5.17. The molecule has 130 valence electrons. The molecule has 1 N–H and O–H groups in total. The van der Waals surface area contributed by atoms with Gasteiger partial charge in [0.25, 0.3) is 0 Å². The van der Waals surface area contributed by atoms with E-state index in [1.165, 1.54) is 0 Å². The van der Waals surface area contributed by atoms with Gasteiger partial charge in [-0.15, -0.1) is 0 Å². The number of carbonyl (C=O) groups is 1. The largest absolute Gasteiger partial charge is 0.464 e. The third-order valence-electron chi connectivity index (χ3n) is 4.29. The third kappa shape index (κ3) is 3.77. The van der Waals surface area contributed by atoms with Crippen LogP contribution in [0.4, 0.5) is 4.79 Å². The second-order valence-electron chi connectivity index (χ2n) is 6.08. The highest BCUT2D eigenvalue weighted by atomic mass is 16.5. The Labute approximate surface area is 141 Å². The zero-order valence-corrected chi connectivity index (χ0v) is 14.2. The van der Waals surface area contributed by atoms with E-state index in [4.69, 9.17) is 8.94 Å². The standard InChI is InChI=1S/C17H24N4O3/c1-3-13-8-9-15(23-13)14-6-5-11-21(14)17(22)18-10-4-7-16-19-12(2)20-24-16/h8-9,14H,3-7,10-11H2,1-2H3,(H,18,22). The molecule has 2 aromatic rings. The minimum absolute atomic E-state index is 0.0336. The van der Waals surface area contributed by atoms with Crippen molar-refractivity contribution in [2.45, 2.75) is 52.0 Å². The highest BCUT2D eigenvalue weighted by molar-refractivity contribution is 5.75. The number of hydrogen-bond acceptors (Lipinski definition) is 5. The molecule has 1 atom stereocenters. The summed E-state index contributed by atoms with van der Waals surface area (Å²) in [7, 11) is 0. The van der Waals surface area contributed by atoms with Crippen LogP contribution in [0.5, 0.6) is 0 Å². The predicted octanol–water partition coefficient (Wildman–Crippen LogP) is 3.01. The van der Waals surface area contributed by atoms with Gasteiger partial charge < -0.3 is 19.2 Å². The van der Waals surface area contributed by atoms with Crippen LogP contribution in [0.3, 0.4) is 0 Å². The van der Waals surface area contributed by atoms with Crippen LogP contribution < -0.4 is 5.32 Å². The summed E-state index contributed by atoms with van der Waals surface area (Å²) >= 11 is 0. The molecule has 3 rings (SSSR count). The van der Waals surface area contributed by atoms with Gasteiger partial charge in [0.1, 0.15) is 11.5 Å². The van der Waals surface area contributed by atoms with E-state index in [1.807, 2.05) is 17.0 Å². The van der Waals surface area contributed by atoms with Crippen LogP contribution in [0.2, 0.25) is 0 Å². The molecular formula is C17H24N4O3. The van der Waals surface area contributed by atoms with Crippen LogP contribution >= 0.6 is 0 Å². The second-order valence-corrected chi connectivity index (χ2v) is 6.08. The summed E-state index contributed by atoms with van der Waals surface area (Å²) < 4.78 is 10.9. The highest BCUT2D eigenvalue weighted by Gasteiger charge is 2.31. The van der Waals surface area contributed by atoms with Gasteiger partial charge in [-0.3, -0.25) is 0 Å². The minimum atomic E-state index is -0.0336. The van der Waals surface area contributed by atoms with Crippen molar-refractivity contribution in [3.05, 3.63) is 35.4 Å². The van der Waals surface area contributed by atoms with Crippen molar-refractivity contribution in [1.82, 2.24) is 20.4 Å². The third-order valence-corrected chi connectivity index (χ3v) is 4.29. The lowest BCUT2D eigenvalue weighted by atomic mass is 10.2. The number of rotatable bonds is 6. The van der Waals surface area contributed by atoms with Crippen LogP contribution in [0, 0.1) is 6.92 Å². The van der Waals surface area contributed by atoms with Crippen molar-refractivity contribution in [2.24, 2.45) is 0 Å². The Balaban J connectivity index is 1.48. The van der Waals surface area contributed by atoms with Gasteiger partial charge in [0.15, 0.2) is 5.82 Å². The summed E-state index contributed by atoms with van der Waals surface area (Å²) in [6.07, 6.45) is 4.26. The Bertz CT molecular complexity index is 679. The molecule has 3 heterocycles. The normalized spacial score (nSPS) is 17.4. The van der Waals surface area contributed by atoms with Crippen LogP contribution in [0.15, 0.2) is 21.1 Å². The van der Waals surface area contributed by atoms with Gasteiger partial charge in [-0.2, -0.15) is 4.98 Å². The number of likely N-dealkylation sites (tertiary alicyclic amines) is 1. The predicted molar refractivity (Wildman–Crippen MR) is 87.5 cm³/mol. The number of hydrogen-bond donors (Lipinski definition) is 1. The van der Waals surface area contributed by atoms with Gasteiger partial charge in [0, 0.05) is 25.9 Å².